The highest BCUT2D eigenvalue weighted by molar-refractivity contribution is 9.10. The Morgan fingerprint density at radius 1 is 1.29 bits per heavy atom. The fraction of sp³-hybridized carbons (Fsp3) is 0.286. The first-order chi connectivity index (χ1) is 10.1. The van der Waals surface area contributed by atoms with Gasteiger partial charge in [-0.05, 0) is 25.1 Å². The van der Waals surface area contributed by atoms with Crippen molar-refractivity contribution in [3.63, 3.8) is 0 Å². The summed E-state index contributed by atoms with van der Waals surface area (Å²) in [5.74, 6) is 1.82. The van der Waals surface area contributed by atoms with Gasteiger partial charge in [-0.25, -0.2) is 9.97 Å². The van der Waals surface area contributed by atoms with Crippen molar-refractivity contribution in [2.24, 2.45) is 0 Å². The zero-order valence-corrected chi connectivity index (χ0v) is 14.0. The number of hydrogen-bond donors (Lipinski definition) is 1. The Morgan fingerprint density at radius 2 is 2.10 bits per heavy atom. The molecular weight excluding hydrogens is 358 g/mol. The summed E-state index contributed by atoms with van der Waals surface area (Å²) in [6.45, 7) is 2.83. The molecule has 7 heteroatoms. The number of nitrogens with zero attached hydrogens (tertiary/aromatic N) is 2. The standard InChI is InChI=1S/C14H15BrClN3O2/c1-3-21-8-14-18-12(16)7-13(19-14)17-10-6-9(15)4-5-11(10)20-2/h4-7H,3,8H2,1-2H3,(H,17,18,19). The lowest BCUT2D eigenvalue weighted by Gasteiger charge is -2.12. The van der Waals surface area contributed by atoms with Gasteiger partial charge in [0.25, 0.3) is 0 Å². The average molecular weight is 373 g/mol. The molecule has 1 aromatic carbocycles. The maximum atomic E-state index is 6.01. The average Bonchev–Trinajstić information content (AvgIpc) is 2.45. The Labute approximate surface area is 136 Å². The van der Waals surface area contributed by atoms with Gasteiger partial charge in [-0.1, -0.05) is 27.5 Å². The van der Waals surface area contributed by atoms with Crippen molar-refractivity contribution >= 4 is 39.0 Å². The Balaban J connectivity index is 2.26. The van der Waals surface area contributed by atoms with Crippen LogP contribution < -0.4 is 10.1 Å². The molecule has 1 aromatic heterocycles. The number of benzene rings is 1. The van der Waals surface area contributed by atoms with Gasteiger partial charge in [-0.2, -0.15) is 0 Å². The third kappa shape index (κ3) is 4.56. The summed E-state index contributed by atoms with van der Waals surface area (Å²) in [7, 11) is 1.61. The number of nitrogens with one attached hydrogen (secondary N) is 1. The van der Waals surface area contributed by atoms with E-state index in [1.807, 2.05) is 25.1 Å². The fourth-order valence-electron chi connectivity index (χ4n) is 1.70. The molecule has 2 rings (SSSR count). The van der Waals surface area contributed by atoms with Crippen LogP contribution in [0.15, 0.2) is 28.7 Å². The van der Waals surface area contributed by atoms with E-state index < -0.39 is 0 Å². The molecule has 0 saturated heterocycles. The Morgan fingerprint density at radius 3 is 2.81 bits per heavy atom. The molecule has 5 nitrogen and oxygen atoms in total. The number of rotatable bonds is 6. The summed E-state index contributed by atoms with van der Waals surface area (Å²) in [5, 5.41) is 3.53. The van der Waals surface area contributed by atoms with Crippen LogP contribution in [0.2, 0.25) is 5.15 Å². The number of aromatic nitrogens is 2. The maximum Gasteiger partial charge on any atom is 0.158 e. The monoisotopic (exact) mass is 371 g/mol. The number of ether oxygens (including phenoxy) is 2. The normalized spacial score (nSPS) is 10.5. The van der Waals surface area contributed by atoms with Crippen LogP contribution in [0.25, 0.3) is 0 Å². The molecule has 0 aliphatic rings. The van der Waals surface area contributed by atoms with Gasteiger partial charge in [-0.15, -0.1) is 0 Å². The predicted molar refractivity (Wildman–Crippen MR) is 86.3 cm³/mol. The second-order valence-corrected chi connectivity index (χ2v) is 5.40. The molecule has 0 unspecified atom stereocenters. The largest absolute Gasteiger partial charge is 0.495 e. The molecule has 0 atom stereocenters. The molecule has 0 saturated carbocycles. The molecule has 0 bridgehead atoms. The van der Waals surface area contributed by atoms with Crippen molar-refractivity contribution in [3.8, 4) is 5.75 Å². The van der Waals surface area contributed by atoms with E-state index in [0.717, 1.165) is 10.2 Å². The van der Waals surface area contributed by atoms with Crippen LogP contribution in [0.4, 0.5) is 11.5 Å². The number of halogens is 2. The van der Waals surface area contributed by atoms with Crippen LogP contribution in [-0.4, -0.2) is 23.7 Å². The molecule has 21 heavy (non-hydrogen) atoms. The van der Waals surface area contributed by atoms with E-state index in [-0.39, 0.29) is 0 Å². The van der Waals surface area contributed by atoms with E-state index in [1.54, 1.807) is 13.2 Å². The van der Waals surface area contributed by atoms with Crippen molar-refractivity contribution in [1.82, 2.24) is 9.97 Å². The van der Waals surface area contributed by atoms with Crippen LogP contribution in [-0.2, 0) is 11.3 Å². The van der Waals surface area contributed by atoms with Crippen LogP contribution >= 0.6 is 27.5 Å². The van der Waals surface area contributed by atoms with E-state index in [4.69, 9.17) is 21.1 Å². The smallest absolute Gasteiger partial charge is 0.158 e. The van der Waals surface area contributed by atoms with Gasteiger partial charge in [-0.3, -0.25) is 0 Å². The second-order valence-electron chi connectivity index (χ2n) is 4.10. The third-order valence-electron chi connectivity index (χ3n) is 2.60. The molecule has 0 amide bonds. The third-order valence-corrected chi connectivity index (χ3v) is 3.29. The van der Waals surface area contributed by atoms with Crippen LogP contribution in [0, 0.1) is 0 Å². The number of hydrogen-bond acceptors (Lipinski definition) is 5. The van der Waals surface area contributed by atoms with Crippen molar-refractivity contribution < 1.29 is 9.47 Å². The summed E-state index contributed by atoms with van der Waals surface area (Å²) in [6.07, 6.45) is 0. The summed E-state index contributed by atoms with van der Waals surface area (Å²) < 4.78 is 11.5. The lowest BCUT2D eigenvalue weighted by molar-refractivity contribution is 0.128. The summed E-state index contributed by atoms with van der Waals surface area (Å²) in [5.41, 5.74) is 0.781. The molecule has 1 N–H and O–H groups in total. The zero-order chi connectivity index (χ0) is 15.2. The van der Waals surface area contributed by atoms with Crippen molar-refractivity contribution in [2.75, 3.05) is 19.0 Å². The summed E-state index contributed by atoms with van der Waals surface area (Å²) in [4.78, 5) is 8.49. The molecule has 0 aliphatic carbocycles. The van der Waals surface area contributed by atoms with Crippen molar-refractivity contribution in [1.29, 1.82) is 0 Å². The van der Waals surface area contributed by atoms with Crippen molar-refractivity contribution in [3.05, 3.63) is 39.7 Å². The molecule has 112 valence electrons. The number of methoxy groups -OCH3 is 1. The quantitative estimate of drug-likeness (QED) is 0.771. The highest BCUT2D eigenvalue weighted by atomic mass is 79.9. The van der Waals surface area contributed by atoms with Crippen LogP contribution in [0.1, 0.15) is 12.7 Å². The first-order valence-electron chi connectivity index (χ1n) is 6.34. The van der Waals surface area contributed by atoms with Gasteiger partial charge in [0.1, 0.15) is 23.3 Å². The van der Waals surface area contributed by atoms with E-state index in [0.29, 0.717) is 35.8 Å². The lowest BCUT2D eigenvalue weighted by atomic mass is 10.3. The maximum absolute atomic E-state index is 6.01. The van der Waals surface area contributed by atoms with Crippen molar-refractivity contribution in [2.45, 2.75) is 13.5 Å². The lowest BCUT2D eigenvalue weighted by Crippen LogP contribution is -2.03. The van der Waals surface area contributed by atoms with Gasteiger partial charge >= 0.3 is 0 Å². The first-order valence-corrected chi connectivity index (χ1v) is 7.51. The minimum Gasteiger partial charge on any atom is -0.495 e. The molecule has 0 fully saturated rings. The van der Waals surface area contributed by atoms with Gasteiger partial charge < -0.3 is 14.8 Å². The molecule has 1 heterocycles. The van der Waals surface area contributed by atoms with Gasteiger partial charge in [0.05, 0.1) is 12.8 Å². The molecular formula is C14H15BrClN3O2. The van der Waals surface area contributed by atoms with Gasteiger partial charge in [0, 0.05) is 17.1 Å². The predicted octanol–water partition coefficient (Wildman–Crippen LogP) is 4.18. The van der Waals surface area contributed by atoms with E-state index in [9.17, 15) is 0 Å². The topological polar surface area (TPSA) is 56.3 Å². The van der Waals surface area contributed by atoms with Gasteiger partial charge in [0.15, 0.2) is 5.82 Å². The SMILES string of the molecule is CCOCc1nc(Cl)cc(Nc2cc(Br)ccc2OC)n1. The van der Waals surface area contributed by atoms with E-state index >= 15 is 0 Å². The fourth-order valence-corrected chi connectivity index (χ4v) is 2.26. The Kier molecular flexibility index (Phi) is 5.78. The molecule has 2 aromatic rings. The molecule has 0 spiro atoms. The minimum absolute atomic E-state index is 0.321. The molecule has 0 radical (unpaired) electrons. The molecule has 0 aliphatic heterocycles. The van der Waals surface area contributed by atoms with E-state index in [2.05, 4.69) is 31.2 Å². The Bertz CT molecular complexity index is 625. The first kappa shape index (κ1) is 16.0. The zero-order valence-electron chi connectivity index (χ0n) is 11.7. The van der Waals surface area contributed by atoms with E-state index in [1.165, 1.54) is 0 Å². The summed E-state index contributed by atoms with van der Waals surface area (Å²) >= 11 is 9.44. The number of anilines is 2. The van der Waals surface area contributed by atoms with Gasteiger partial charge in [0.2, 0.25) is 0 Å². The van der Waals surface area contributed by atoms with Crippen LogP contribution in [0.3, 0.4) is 0 Å². The Hall–Kier alpha value is -1.37. The van der Waals surface area contributed by atoms with Crippen LogP contribution in [0.5, 0.6) is 5.75 Å². The highest BCUT2D eigenvalue weighted by Crippen LogP contribution is 2.30. The minimum atomic E-state index is 0.321. The second kappa shape index (κ2) is 7.59. The highest BCUT2D eigenvalue weighted by Gasteiger charge is 2.08. The summed E-state index contributed by atoms with van der Waals surface area (Å²) in [6, 6.07) is 7.31.